The van der Waals surface area contributed by atoms with Gasteiger partial charge < -0.3 is 20.6 Å². The van der Waals surface area contributed by atoms with Gasteiger partial charge in [-0.1, -0.05) is 30.3 Å². The molecule has 2 aliphatic rings. The first kappa shape index (κ1) is 25.5. The highest BCUT2D eigenvalue weighted by Gasteiger charge is 2.38. The fourth-order valence-electron chi connectivity index (χ4n) is 4.16. The van der Waals surface area contributed by atoms with Gasteiger partial charge in [-0.2, -0.15) is 13.2 Å². The molecule has 10 heteroatoms. The highest BCUT2D eigenvalue weighted by atomic mass is 19.4. The van der Waals surface area contributed by atoms with E-state index in [0.29, 0.717) is 5.92 Å². The van der Waals surface area contributed by atoms with Crippen LogP contribution in [0.4, 0.5) is 28.0 Å². The number of carboxylic acids is 1. The van der Waals surface area contributed by atoms with Crippen LogP contribution in [-0.2, 0) is 24.2 Å². The van der Waals surface area contributed by atoms with Gasteiger partial charge in [0.15, 0.2) is 0 Å². The Labute approximate surface area is 195 Å². The second kappa shape index (κ2) is 11.3. The van der Waals surface area contributed by atoms with Crippen molar-refractivity contribution in [3.8, 4) is 0 Å². The number of carbonyl (C=O) groups is 2. The Morgan fingerprint density at radius 1 is 1.09 bits per heavy atom. The second-order valence-corrected chi connectivity index (χ2v) is 8.33. The standard InChI is InChI=1S/C22H26FN3O.C2HF3O2/c23-20-6-2-1-4-17(20)14-16-9-12-26(13-10-16)22(27)25-21-7-3-5-18-15-24-11-8-19(18)21;3-2(4,5)1(6)7/h1-7,16,24H,8-15H2,(H,25,27);(H,6,7). The number of amides is 2. The molecule has 0 unspecified atom stereocenters. The van der Waals surface area contributed by atoms with Crippen LogP contribution in [0, 0.1) is 11.7 Å². The van der Waals surface area contributed by atoms with E-state index in [1.807, 2.05) is 29.2 Å². The average Bonchev–Trinajstić information content (AvgIpc) is 2.81. The number of aliphatic carboxylic acids is 1. The molecule has 0 spiro atoms. The molecule has 1 saturated heterocycles. The molecule has 6 nitrogen and oxygen atoms in total. The summed E-state index contributed by atoms with van der Waals surface area (Å²) in [5.74, 6) is -2.45. The van der Waals surface area contributed by atoms with Crippen LogP contribution in [0.3, 0.4) is 0 Å². The number of carboxylic acid groups (broad SMARTS) is 1. The fourth-order valence-corrected chi connectivity index (χ4v) is 4.16. The van der Waals surface area contributed by atoms with Crippen LogP contribution in [-0.4, -0.2) is 47.8 Å². The lowest BCUT2D eigenvalue weighted by molar-refractivity contribution is -0.192. The Balaban J connectivity index is 0.000000406. The molecule has 2 amide bonds. The van der Waals surface area contributed by atoms with Gasteiger partial charge in [0.25, 0.3) is 0 Å². The van der Waals surface area contributed by atoms with Crippen LogP contribution in [0.25, 0.3) is 0 Å². The Morgan fingerprint density at radius 3 is 2.41 bits per heavy atom. The van der Waals surface area contributed by atoms with Crippen molar-refractivity contribution in [2.45, 2.75) is 38.4 Å². The van der Waals surface area contributed by atoms with E-state index in [4.69, 9.17) is 9.90 Å². The zero-order chi connectivity index (χ0) is 24.7. The summed E-state index contributed by atoms with van der Waals surface area (Å²) in [6.07, 6.45) is -1.56. The summed E-state index contributed by atoms with van der Waals surface area (Å²) in [5.41, 5.74) is 4.24. The molecule has 3 N–H and O–H groups in total. The summed E-state index contributed by atoms with van der Waals surface area (Å²) in [5, 5.41) is 13.6. The van der Waals surface area contributed by atoms with Crippen LogP contribution in [0.1, 0.15) is 29.5 Å². The number of rotatable bonds is 3. The molecule has 184 valence electrons. The number of alkyl halides is 3. The molecule has 2 aliphatic heterocycles. The quantitative estimate of drug-likeness (QED) is 0.560. The predicted molar refractivity (Wildman–Crippen MR) is 119 cm³/mol. The maximum Gasteiger partial charge on any atom is 0.490 e. The van der Waals surface area contributed by atoms with Gasteiger partial charge in [0, 0.05) is 25.3 Å². The number of halogens is 4. The SMILES string of the molecule is O=C(Nc1cccc2c1CCNC2)N1CCC(Cc2ccccc2F)CC1.O=C(O)C(F)(F)F. The van der Waals surface area contributed by atoms with Crippen LogP contribution in [0.15, 0.2) is 42.5 Å². The Hall–Kier alpha value is -3.14. The maximum absolute atomic E-state index is 13.9. The second-order valence-electron chi connectivity index (χ2n) is 8.33. The number of nitrogens with zero attached hydrogens (tertiary/aromatic N) is 1. The predicted octanol–water partition coefficient (Wildman–Crippen LogP) is 4.59. The molecular weight excluding hydrogens is 454 g/mol. The lowest BCUT2D eigenvalue weighted by Crippen LogP contribution is -2.41. The maximum atomic E-state index is 13.9. The smallest absolute Gasteiger partial charge is 0.475 e. The minimum absolute atomic E-state index is 0.0220. The number of fused-ring (bicyclic) bond motifs is 1. The third-order valence-electron chi connectivity index (χ3n) is 5.99. The minimum Gasteiger partial charge on any atom is -0.475 e. The summed E-state index contributed by atoms with van der Waals surface area (Å²) in [4.78, 5) is 23.5. The number of piperidine rings is 1. The summed E-state index contributed by atoms with van der Waals surface area (Å²) in [6.45, 7) is 3.25. The molecule has 2 heterocycles. The molecule has 34 heavy (non-hydrogen) atoms. The number of benzene rings is 2. The van der Waals surface area contributed by atoms with Gasteiger partial charge in [-0.3, -0.25) is 0 Å². The van der Waals surface area contributed by atoms with E-state index in [-0.39, 0.29) is 11.8 Å². The van der Waals surface area contributed by atoms with E-state index in [1.54, 1.807) is 6.07 Å². The summed E-state index contributed by atoms with van der Waals surface area (Å²) in [6, 6.07) is 13.1. The van der Waals surface area contributed by atoms with E-state index < -0.39 is 12.1 Å². The Kier molecular flexibility index (Phi) is 8.49. The normalized spacial score (nSPS) is 16.2. The third-order valence-corrected chi connectivity index (χ3v) is 5.99. The van der Waals surface area contributed by atoms with Crippen molar-refractivity contribution in [3.05, 3.63) is 65.0 Å². The monoisotopic (exact) mass is 481 g/mol. The molecule has 0 saturated carbocycles. The fraction of sp³-hybridized carbons (Fsp3) is 0.417. The van der Waals surface area contributed by atoms with Crippen molar-refractivity contribution in [3.63, 3.8) is 0 Å². The molecular formula is C24H27F4N3O3. The van der Waals surface area contributed by atoms with Crippen molar-refractivity contribution in [1.82, 2.24) is 10.2 Å². The topological polar surface area (TPSA) is 81.7 Å². The zero-order valence-electron chi connectivity index (χ0n) is 18.5. The van der Waals surface area contributed by atoms with Crippen LogP contribution >= 0.6 is 0 Å². The molecule has 1 fully saturated rings. The van der Waals surface area contributed by atoms with E-state index >= 15 is 0 Å². The molecule has 0 bridgehead atoms. The van der Waals surface area contributed by atoms with Crippen molar-refractivity contribution >= 4 is 17.7 Å². The van der Waals surface area contributed by atoms with Gasteiger partial charge in [0.1, 0.15) is 5.82 Å². The molecule has 4 rings (SSSR count). The van der Waals surface area contributed by atoms with Crippen molar-refractivity contribution in [2.75, 3.05) is 25.0 Å². The molecule has 0 aromatic heterocycles. The van der Waals surface area contributed by atoms with Gasteiger partial charge in [-0.15, -0.1) is 0 Å². The first-order chi connectivity index (χ1) is 16.1. The van der Waals surface area contributed by atoms with Gasteiger partial charge in [-0.05, 0) is 67.0 Å². The lowest BCUT2D eigenvalue weighted by Gasteiger charge is -2.32. The number of carbonyl (C=O) groups excluding carboxylic acids is 1. The number of anilines is 1. The van der Waals surface area contributed by atoms with Crippen LogP contribution in [0.5, 0.6) is 0 Å². The van der Waals surface area contributed by atoms with Crippen LogP contribution in [0.2, 0.25) is 0 Å². The van der Waals surface area contributed by atoms with Gasteiger partial charge >= 0.3 is 18.2 Å². The number of urea groups is 1. The lowest BCUT2D eigenvalue weighted by atomic mass is 9.90. The molecule has 0 atom stereocenters. The molecule has 2 aromatic rings. The van der Waals surface area contributed by atoms with E-state index in [0.717, 1.165) is 63.1 Å². The van der Waals surface area contributed by atoms with Crippen molar-refractivity contribution < 1.29 is 32.3 Å². The summed E-state index contributed by atoms with van der Waals surface area (Å²) in [7, 11) is 0. The van der Waals surface area contributed by atoms with Gasteiger partial charge in [0.2, 0.25) is 0 Å². The Bertz CT molecular complexity index is 1010. The highest BCUT2D eigenvalue weighted by molar-refractivity contribution is 5.90. The average molecular weight is 481 g/mol. The first-order valence-corrected chi connectivity index (χ1v) is 11.1. The van der Waals surface area contributed by atoms with Crippen molar-refractivity contribution in [1.29, 1.82) is 0 Å². The Morgan fingerprint density at radius 2 is 1.76 bits per heavy atom. The highest BCUT2D eigenvalue weighted by Crippen LogP contribution is 2.26. The van der Waals surface area contributed by atoms with Crippen LogP contribution < -0.4 is 10.6 Å². The number of hydrogen-bond donors (Lipinski definition) is 3. The number of hydrogen-bond acceptors (Lipinski definition) is 3. The number of likely N-dealkylation sites (tertiary alicyclic amines) is 1. The summed E-state index contributed by atoms with van der Waals surface area (Å²) < 4.78 is 45.6. The van der Waals surface area contributed by atoms with E-state index in [1.165, 1.54) is 17.2 Å². The first-order valence-electron chi connectivity index (χ1n) is 11.1. The number of nitrogens with one attached hydrogen (secondary N) is 2. The zero-order valence-corrected chi connectivity index (χ0v) is 18.5. The molecule has 0 radical (unpaired) electrons. The van der Waals surface area contributed by atoms with E-state index in [2.05, 4.69) is 16.7 Å². The van der Waals surface area contributed by atoms with E-state index in [9.17, 15) is 22.4 Å². The summed E-state index contributed by atoms with van der Waals surface area (Å²) >= 11 is 0. The molecule has 0 aliphatic carbocycles. The third kappa shape index (κ3) is 6.93. The minimum atomic E-state index is -5.08. The largest absolute Gasteiger partial charge is 0.490 e. The van der Waals surface area contributed by atoms with Crippen molar-refractivity contribution in [2.24, 2.45) is 5.92 Å². The van der Waals surface area contributed by atoms with Gasteiger partial charge in [0.05, 0.1) is 0 Å². The van der Waals surface area contributed by atoms with Gasteiger partial charge in [-0.25, -0.2) is 14.0 Å². The molecule has 2 aromatic carbocycles.